The molecule has 0 bridgehead atoms. The second-order valence-corrected chi connectivity index (χ2v) is 4.22. The molecule has 0 heterocycles. The Labute approximate surface area is 111 Å². The van der Waals surface area contributed by atoms with Gasteiger partial charge in [0.15, 0.2) is 0 Å². The fraction of sp³-hybridized carbons (Fsp3) is 0.727. The number of amides is 1. The highest BCUT2D eigenvalue weighted by atomic mass is 16.4. The second kappa shape index (κ2) is 9.29. The third-order valence-electron chi connectivity index (χ3n) is 2.57. The van der Waals surface area contributed by atoms with Crippen molar-refractivity contribution in [2.75, 3.05) is 6.54 Å². The van der Waals surface area contributed by atoms with Crippen LogP contribution in [-0.2, 0) is 14.4 Å². The van der Waals surface area contributed by atoms with Gasteiger partial charge in [0.2, 0.25) is 5.91 Å². The van der Waals surface area contributed by atoms with Crippen LogP contribution in [0.1, 0.15) is 32.1 Å². The largest absolute Gasteiger partial charge is 0.481 e. The molecule has 1 unspecified atom stereocenters. The highest BCUT2D eigenvalue weighted by molar-refractivity contribution is 5.87. The average Bonchev–Trinajstić information content (AvgIpc) is 2.33. The monoisotopic (exact) mass is 275 g/mol. The molecule has 7 N–H and O–H groups in total. The van der Waals surface area contributed by atoms with Gasteiger partial charge in [0.25, 0.3) is 0 Å². The summed E-state index contributed by atoms with van der Waals surface area (Å²) in [5, 5.41) is 19.6. The zero-order valence-corrected chi connectivity index (χ0v) is 10.7. The van der Waals surface area contributed by atoms with E-state index in [9.17, 15) is 14.4 Å². The molecule has 0 rings (SSSR count). The molecule has 0 radical (unpaired) electrons. The van der Waals surface area contributed by atoms with E-state index in [0.717, 1.165) is 6.42 Å². The number of aliphatic carboxylic acids is 2. The van der Waals surface area contributed by atoms with Crippen molar-refractivity contribution in [3.05, 3.63) is 0 Å². The number of hydrogen-bond acceptors (Lipinski definition) is 5. The first-order valence-electron chi connectivity index (χ1n) is 6.09. The maximum Gasteiger partial charge on any atom is 0.326 e. The fourth-order valence-corrected chi connectivity index (χ4v) is 1.44. The zero-order valence-electron chi connectivity index (χ0n) is 10.7. The Bertz CT molecular complexity index is 321. The lowest BCUT2D eigenvalue weighted by atomic mass is 10.1. The van der Waals surface area contributed by atoms with E-state index in [1.807, 2.05) is 0 Å². The summed E-state index contributed by atoms with van der Waals surface area (Å²) in [5.74, 6) is -2.98. The van der Waals surface area contributed by atoms with Gasteiger partial charge >= 0.3 is 11.9 Å². The number of carbonyl (C=O) groups is 3. The third-order valence-corrected chi connectivity index (χ3v) is 2.57. The molecule has 0 aromatic heterocycles. The SMILES string of the molecule is NCCCC[C@H](N)C(=O)NC(CCC(=O)O)C(=O)O. The molecule has 0 aromatic carbocycles. The Kier molecular flexibility index (Phi) is 8.47. The molecule has 0 aliphatic heterocycles. The van der Waals surface area contributed by atoms with Crippen molar-refractivity contribution in [1.29, 1.82) is 0 Å². The highest BCUT2D eigenvalue weighted by Crippen LogP contribution is 2.02. The number of carboxylic acid groups (broad SMARTS) is 2. The second-order valence-electron chi connectivity index (χ2n) is 4.22. The van der Waals surface area contributed by atoms with Gasteiger partial charge in [0, 0.05) is 6.42 Å². The van der Waals surface area contributed by atoms with Crippen molar-refractivity contribution >= 4 is 17.8 Å². The van der Waals surface area contributed by atoms with E-state index in [4.69, 9.17) is 21.7 Å². The predicted molar refractivity (Wildman–Crippen MR) is 67.3 cm³/mol. The van der Waals surface area contributed by atoms with Gasteiger partial charge in [0.05, 0.1) is 6.04 Å². The van der Waals surface area contributed by atoms with Crippen molar-refractivity contribution in [3.8, 4) is 0 Å². The molecular formula is C11H21N3O5. The molecule has 0 aromatic rings. The van der Waals surface area contributed by atoms with E-state index < -0.39 is 29.9 Å². The number of carbonyl (C=O) groups excluding carboxylic acids is 1. The summed E-state index contributed by atoms with van der Waals surface area (Å²) < 4.78 is 0. The molecule has 0 aliphatic rings. The molecule has 19 heavy (non-hydrogen) atoms. The maximum atomic E-state index is 11.6. The van der Waals surface area contributed by atoms with E-state index in [-0.39, 0.29) is 12.8 Å². The number of hydrogen-bond donors (Lipinski definition) is 5. The molecule has 1 amide bonds. The molecule has 0 spiro atoms. The maximum absolute atomic E-state index is 11.6. The van der Waals surface area contributed by atoms with Crippen LogP contribution < -0.4 is 16.8 Å². The van der Waals surface area contributed by atoms with E-state index in [2.05, 4.69) is 5.32 Å². The van der Waals surface area contributed by atoms with E-state index in [0.29, 0.717) is 19.4 Å². The number of nitrogens with one attached hydrogen (secondary N) is 1. The predicted octanol–water partition coefficient (Wildman–Crippen LogP) is -1.12. The first kappa shape index (κ1) is 17.3. The van der Waals surface area contributed by atoms with Gasteiger partial charge in [-0.15, -0.1) is 0 Å². The Balaban J connectivity index is 4.22. The summed E-state index contributed by atoms with van der Waals surface area (Å²) in [6.07, 6.45) is 1.32. The summed E-state index contributed by atoms with van der Waals surface area (Å²) in [6.45, 7) is 0.505. The normalized spacial score (nSPS) is 13.6. The zero-order chi connectivity index (χ0) is 14.8. The minimum atomic E-state index is -1.27. The summed E-state index contributed by atoms with van der Waals surface area (Å²) in [7, 11) is 0. The Morgan fingerprint density at radius 3 is 2.21 bits per heavy atom. The van der Waals surface area contributed by atoms with Crippen molar-refractivity contribution in [2.45, 2.75) is 44.2 Å². The summed E-state index contributed by atoms with van der Waals surface area (Å²) in [6, 6.07) is -2.04. The Hall–Kier alpha value is -1.67. The van der Waals surface area contributed by atoms with Crippen LogP contribution in [0.25, 0.3) is 0 Å². The Morgan fingerprint density at radius 2 is 1.74 bits per heavy atom. The third kappa shape index (κ3) is 8.11. The standard InChI is InChI=1S/C11H21N3O5/c12-6-2-1-3-7(13)10(17)14-8(11(18)19)4-5-9(15)16/h7-8H,1-6,12-13H2,(H,14,17)(H,15,16)(H,18,19)/t7-,8?/m0/s1. The molecule has 8 nitrogen and oxygen atoms in total. The fourth-order valence-electron chi connectivity index (χ4n) is 1.44. The number of carboxylic acids is 2. The van der Waals surface area contributed by atoms with Crippen molar-refractivity contribution in [3.63, 3.8) is 0 Å². The minimum Gasteiger partial charge on any atom is -0.481 e. The number of rotatable bonds is 10. The van der Waals surface area contributed by atoms with Crippen LogP contribution in [0, 0.1) is 0 Å². The molecule has 110 valence electrons. The molecule has 0 aliphatic carbocycles. The van der Waals surface area contributed by atoms with Gasteiger partial charge in [-0.3, -0.25) is 9.59 Å². The van der Waals surface area contributed by atoms with Crippen LogP contribution in [-0.4, -0.2) is 46.7 Å². The van der Waals surface area contributed by atoms with Crippen LogP contribution in [0.4, 0.5) is 0 Å². The number of nitrogens with two attached hydrogens (primary N) is 2. The molecule has 2 atom stereocenters. The van der Waals surface area contributed by atoms with Crippen LogP contribution in [0.3, 0.4) is 0 Å². The summed E-state index contributed by atoms with van der Waals surface area (Å²) in [4.78, 5) is 32.9. The van der Waals surface area contributed by atoms with Crippen molar-refractivity contribution < 1.29 is 24.6 Å². The lowest BCUT2D eigenvalue weighted by molar-refractivity contribution is -0.143. The Morgan fingerprint density at radius 1 is 1.11 bits per heavy atom. The molecular weight excluding hydrogens is 254 g/mol. The van der Waals surface area contributed by atoms with Crippen molar-refractivity contribution in [2.24, 2.45) is 11.5 Å². The molecule has 0 saturated carbocycles. The van der Waals surface area contributed by atoms with Gasteiger partial charge in [-0.05, 0) is 25.8 Å². The molecule has 0 saturated heterocycles. The first-order valence-corrected chi connectivity index (χ1v) is 6.09. The van der Waals surface area contributed by atoms with Crippen LogP contribution in [0.5, 0.6) is 0 Å². The van der Waals surface area contributed by atoms with Gasteiger partial charge < -0.3 is 27.0 Å². The van der Waals surface area contributed by atoms with Gasteiger partial charge in [-0.2, -0.15) is 0 Å². The van der Waals surface area contributed by atoms with Crippen LogP contribution in [0.15, 0.2) is 0 Å². The van der Waals surface area contributed by atoms with Gasteiger partial charge in [-0.25, -0.2) is 4.79 Å². The first-order chi connectivity index (χ1) is 8.88. The number of unbranched alkanes of at least 4 members (excludes halogenated alkanes) is 1. The minimum absolute atomic E-state index is 0.175. The molecule has 0 fully saturated rings. The van der Waals surface area contributed by atoms with Crippen LogP contribution >= 0.6 is 0 Å². The van der Waals surface area contributed by atoms with E-state index >= 15 is 0 Å². The smallest absolute Gasteiger partial charge is 0.326 e. The van der Waals surface area contributed by atoms with Crippen molar-refractivity contribution in [1.82, 2.24) is 5.32 Å². The summed E-state index contributed by atoms with van der Waals surface area (Å²) in [5.41, 5.74) is 10.9. The highest BCUT2D eigenvalue weighted by Gasteiger charge is 2.23. The summed E-state index contributed by atoms with van der Waals surface area (Å²) >= 11 is 0. The average molecular weight is 275 g/mol. The van der Waals surface area contributed by atoms with Crippen LogP contribution in [0.2, 0.25) is 0 Å². The van der Waals surface area contributed by atoms with E-state index in [1.165, 1.54) is 0 Å². The lowest BCUT2D eigenvalue weighted by Gasteiger charge is -2.17. The lowest BCUT2D eigenvalue weighted by Crippen LogP contribution is -2.48. The molecule has 8 heteroatoms. The van der Waals surface area contributed by atoms with Gasteiger partial charge in [0.1, 0.15) is 6.04 Å². The quantitative estimate of drug-likeness (QED) is 0.316. The topological polar surface area (TPSA) is 156 Å². The van der Waals surface area contributed by atoms with E-state index in [1.54, 1.807) is 0 Å². The van der Waals surface area contributed by atoms with Gasteiger partial charge in [-0.1, -0.05) is 6.42 Å².